The summed E-state index contributed by atoms with van der Waals surface area (Å²) in [6.07, 6.45) is 5.98. The van der Waals surface area contributed by atoms with Gasteiger partial charge in [-0.1, -0.05) is 30.4 Å². The van der Waals surface area contributed by atoms with Crippen LogP contribution in [0.5, 0.6) is 17.2 Å². The molecule has 0 saturated heterocycles. The Kier molecular flexibility index (Phi) is 9.96. The van der Waals surface area contributed by atoms with Gasteiger partial charge in [-0.25, -0.2) is 0 Å². The van der Waals surface area contributed by atoms with Crippen LogP contribution in [0, 0.1) is 0 Å². The number of allylic oxidation sites excluding steroid dienone is 1. The van der Waals surface area contributed by atoms with Crippen LogP contribution in [0.3, 0.4) is 0 Å². The average molecular weight is 426 g/mol. The second-order valence-corrected chi connectivity index (χ2v) is 6.48. The summed E-state index contributed by atoms with van der Waals surface area (Å²) >= 11 is 5.08. The van der Waals surface area contributed by atoms with Crippen LogP contribution in [0.1, 0.15) is 11.1 Å². The minimum absolute atomic E-state index is 0.386. The number of para-hydroxylation sites is 1. The van der Waals surface area contributed by atoms with Gasteiger partial charge in [-0.2, -0.15) is 5.10 Å². The molecule has 2 aromatic carbocycles. The summed E-state index contributed by atoms with van der Waals surface area (Å²) < 4.78 is 17.1. The predicted molar refractivity (Wildman–Crippen MR) is 126 cm³/mol. The molecule has 0 aliphatic rings. The number of hydrogen-bond donors (Lipinski definition) is 2. The van der Waals surface area contributed by atoms with Gasteiger partial charge in [0.15, 0.2) is 16.6 Å². The maximum absolute atomic E-state index is 5.84. The van der Waals surface area contributed by atoms with Crippen molar-refractivity contribution in [3.8, 4) is 17.2 Å². The number of rotatable bonds is 12. The molecule has 0 fully saturated rings. The van der Waals surface area contributed by atoms with Crippen molar-refractivity contribution < 1.29 is 14.2 Å². The quantitative estimate of drug-likeness (QED) is 0.177. The molecular weight excluding hydrogens is 398 g/mol. The lowest BCUT2D eigenvalue weighted by molar-refractivity contribution is 0.210. The van der Waals surface area contributed by atoms with Gasteiger partial charge in [0.25, 0.3) is 0 Å². The van der Waals surface area contributed by atoms with Gasteiger partial charge in [-0.05, 0) is 54.0 Å². The first-order valence-corrected chi connectivity index (χ1v) is 9.89. The van der Waals surface area contributed by atoms with E-state index in [1.54, 1.807) is 19.4 Å². The fourth-order valence-electron chi connectivity index (χ4n) is 2.53. The third kappa shape index (κ3) is 7.60. The number of nitrogens with one attached hydrogen (secondary N) is 2. The number of ether oxygens (including phenoxy) is 3. The molecule has 0 unspecified atom stereocenters. The third-order valence-electron chi connectivity index (χ3n) is 3.91. The highest BCUT2D eigenvalue weighted by atomic mass is 32.1. The monoisotopic (exact) mass is 425 g/mol. The van der Waals surface area contributed by atoms with Crippen molar-refractivity contribution in [3.63, 3.8) is 0 Å². The van der Waals surface area contributed by atoms with Gasteiger partial charge in [0.05, 0.1) is 13.3 Å². The largest absolute Gasteiger partial charge is 0.493 e. The molecule has 0 amide bonds. The van der Waals surface area contributed by atoms with Crippen LogP contribution >= 0.6 is 12.2 Å². The van der Waals surface area contributed by atoms with Gasteiger partial charge in [-0.15, -0.1) is 13.2 Å². The lowest BCUT2D eigenvalue weighted by atomic mass is 10.1. The molecular formula is C23H27N3O3S. The van der Waals surface area contributed by atoms with E-state index in [1.807, 2.05) is 48.5 Å². The van der Waals surface area contributed by atoms with E-state index in [9.17, 15) is 0 Å². The SMILES string of the molecule is C=CCNC(=S)NN=Cc1ccc(OCCOc2ccccc2CC=C)c(OC)c1. The summed E-state index contributed by atoms with van der Waals surface area (Å²) in [5, 5.41) is 7.45. The van der Waals surface area contributed by atoms with Crippen LogP contribution in [-0.4, -0.2) is 38.2 Å². The van der Waals surface area contributed by atoms with Crippen molar-refractivity contribution in [2.24, 2.45) is 5.10 Å². The molecule has 30 heavy (non-hydrogen) atoms. The first-order chi connectivity index (χ1) is 14.7. The second-order valence-electron chi connectivity index (χ2n) is 6.08. The zero-order valence-corrected chi connectivity index (χ0v) is 17.9. The molecule has 2 N–H and O–H groups in total. The Morgan fingerprint density at radius 2 is 1.80 bits per heavy atom. The number of hydrazone groups is 1. The Balaban J connectivity index is 1.87. The molecule has 0 bridgehead atoms. The summed E-state index contributed by atoms with van der Waals surface area (Å²) in [7, 11) is 1.59. The zero-order chi connectivity index (χ0) is 21.6. The fourth-order valence-corrected chi connectivity index (χ4v) is 2.66. The van der Waals surface area contributed by atoms with Gasteiger partial charge >= 0.3 is 0 Å². The lowest BCUT2D eigenvalue weighted by Gasteiger charge is -2.13. The smallest absolute Gasteiger partial charge is 0.187 e. The Labute approximate surface area is 183 Å². The third-order valence-corrected chi connectivity index (χ3v) is 4.15. The van der Waals surface area contributed by atoms with Crippen LogP contribution in [-0.2, 0) is 6.42 Å². The molecule has 0 atom stereocenters. The number of nitrogens with zero attached hydrogens (tertiary/aromatic N) is 1. The van der Waals surface area contributed by atoms with Crippen LogP contribution in [0.25, 0.3) is 0 Å². The van der Waals surface area contributed by atoms with Crippen molar-refractivity contribution >= 4 is 23.5 Å². The van der Waals surface area contributed by atoms with E-state index in [2.05, 4.69) is 29.0 Å². The highest BCUT2D eigenvalue weighted by Crippen LogP contribution is 2.27. The van der Waals surface area contributed by atoms with Gasteiger partial charge in [0.2, 0.25) is 0 Å². The number of benzene rings is 2. The van der Waals surface area contributed by atoms with Crippen molar-refractivity contribution in [2.75, 3.05) is 26.9 Å². The minimum Gasteiger partial charge on any atom is -0.493 e. The first kappa shape index (κ1) is 23.0. The Hall–Kier alpha value is -3.32. The average Bonchev–Trinajstić information content (AvgIpc) is 2.77. The summed E-state index contributed by atoms with van der Waals surface area (Å²) in [6.45, 7) is 8.77. The molecule has 6 nitrogen and oxygen atoms in total. The van der Waals surface area contributed by atoms with Crippen molar-refractivity contribution in [3.05, 3.63) is 78.9 Å². The minimum atomic E-state index is 0.386. The number of thiocarbonyl (C=S) groups is 1. The van der Waals surface area contributed by atoms with Crippen molar-refractivity contribution in [1.82, 2.24) is 10.7 Å². The summed E-state index contributed by atoms with van der Waals surface area (Å²) in [5.41, 5.74) is 4.68. The maximum atomic E-state index is 5.84. The van der Waals surface area contributed by atoms with Crippen LogP contribution in [0.15, 0.2) is 72.9 Å². The van der Waals surface area contributed by atoms with Crippen LogP contribution < -0.4 is 25.0 Å². The van der Waals surface area contributed by atoms with E-state index in [1.165, 1.54) is 0 Å². The van der Waals surface area contributed by atoms with Gasteiger partial charge in [-0.3, -0.25) is 5.43 Å². The van der Waals surface area contributed by atoms with E-state index < -0.39 is 0 Å². The van der Waals surface area contributed by atoms with E-state index in [0.29, 0.717) is 36.4 Å². The molecule has 0 saturated carbocycles. The van der Waals surface area contributed by atoms with Crippen molar-refractivity contribution in [2.45, 2.75) is 6.42 Å². The van der Waals surface area contributed by atoms with E-state index >= 15 is 0 Å². The normalized spacial score (nSPS) is 10.3. The van der Waals surface area contributed by atoms with Gasteiger partial charge in [0, 0.05) is 6.54 Å². The fraction of sp³-hybridized carbons (Fsp3) is 0.217. The highest BCUT2D eigenvalue weighted by molar-refractivity contribution is 7.80. The predicted octanol–water partition coefficient (Wildman–Crippen LogP) is 3.87. The Morgan fingerprint density at radius 3 is 2.53 bits per heavy atom. The summed E-state index contributed by atoms with van der Waals surface area (Å²) in [6, 6.07) is 13.4. The molecule has 0 radical (unpaired) electrons. The summed E-state index contributed by atoms with van der Waals surface area (Å²) in [4.78, 5) is 0. The first-order valence-electron chi connectivity index (χ1n) is 9.48. The van der Waals surface area contributed by atoms with Crippen LogP contribution in [0.2, 0.25) is 0 Å². The lowest BCUT2D eigenvalue weighted by Crippen LogP contribution is -2.31. The molecule has 0 aliphatic heterocycles. The molecule has 158 valence electrons. The van der Waals surface area contributed by atoms with E-state index in [4.69, 9.17) is 26.4 Å². The van der Waals surface area contributed by atoms with E-state index in [-0.39, 0.29) is 0 Å². The Morgan fingerprint density at radius 1 is 1.03 bits per heavy atom. The summed E-state index contributed by atoms with van der Waals surface area (Å²) in [5.74, 6) is 2.08. The zero-order valence-electron chi connectivity index (χ0n) is 17.1. The molecule has 0 aromatic heterocycles. The Bertz CT molecular complexity index is 884. The molecule has 2 aromatic rings. The molecule has 0 heterocycles. The van der Waals surface area contributed by atoms with Crippen LogP contribution in [0.4, 0.5) is 0 Å². The number of hydrogen-bond acceptors (Lipinski definition) is 5. The maximum Gasteiger partial charge on any atom is 0.187 e. The van der Waals surface area contributed by atoms with E-state index in [0.717, 1.165) is 23.3 Å². The molecule has 0 aliphatic carbocycles. The molecule has 7 heteroatoms. The topological polar surface area (TPSA) is 64.1 Å². The van der Waals surface area contributed by atoms with Gasteiger partial charge in [0.1, 0.15) is 19.0 Å². The van der Waals surface area contributed by atoms with Crippen molar-refractivity contribution in [1.29, 1.82) is 0 Å². The standard InChI is InChI=1S/C23H27N3O3S/c1-4-8-19-9-6-7-10-20(19)28-14-15-29-21-12-11-18(16-22(21)27-3)17-25-26-23(30)24-13-5-2/h4-7,9-12,16-17H,1-2,8,13-15H2,3H3,(H2,24,26,30). The second kappa shape index (κ2) is 13.0. The number of methoxy groups -OCH3 is 1. The van der Waals surface area contributed by atoms with Gasteiger partial charge < -0.3 is 19.5 Å². The highest BCUT2D eigenvalue weighted by Gasteiger charge is 2.06. The molecule has 0 spiro atoms. The molecule has 2 rings (SSSR count).